The van der Waals surface area contributed by atoms with Gasteiger partial charge in [0.25, 0.3) is 0 Å². The number of anilines is 1. The third-order valence-corrected chi connectivity index (χ3v) is 2.99. The molecule has 0 aliphatic carbocycles. The number of carbonyl (C=O) groups excluding carboxylic acids is 1. The molecule has 0 aliphatic heterocycles. The van der Waals surface area contributed by atoms with Crippen LogP contribution in [0.1, 0.15) is 11.1 Å². The molecule has 0 fully saturated rings. The minimum atomic E-state index is -0.339. The number of halogens is 2. The number of hydrogen-bond donors (Lipinski definition) is 2. The summed E-state index contributed by atoms with van der Waals surface area (Å²) in [6.45, 7) is 2.01. The topological polar surface area (TPSA) is 41.1 Å². The second kappa shape index (κ2) is 6.39. The van der Waals surface area contributed by atoms with Crippen LogP contribution in [-0.4, -0.2) is 6.03 Å². The van der Waals surface area contributed by atoms with E-state index in [1.165, 1.54) is 6.07 Å². The normalized spacial score (nSPS) is 10.2. The third kappa shape index (κ3) is 3.96. The number of urea groups is 1. The molecule has 20 heavy (non-hydrogen) atoms. The van der Waals surface area contributed by atoms with Gasteiger partial charge in [0.2, 0.25) is 0 Å². The molecule has 2 aromatic carbocycles. The minimum Gasteiger partial charge on any atom is -0.334 e. The van der Waals surface area contributed by atoms with Gasteiger partial charge in [-0.1, -0.05) is 29.8 Å². The van der Waals surface area contributed by atoms with Crippen LogP contribution in [0.2, 0.25) is 5.02 Å². The van der Waals surface area contributed by atoms with Crippen molar-refractivity contribution in [2.75, 3.05) is 5.32 Å². The van der Waals surface area contributed by atoms with E-state index in [2.05, 4.69) is 10.6 Å². The smallest absolute Gasteiger partial charge is 0.319 e. The Morgan fingerprint density at radius 1 is 1.25 bits per heavy atom. The summed E-state index contributed by atoms with van der Waals surface area (Å²) in [5, 5.41) is 5.92. The number of aryl methyl sites for hydroxylation is 1. The molecular weight excluding hydrogens is 279 g/mol. The maximum atomic E-state index is 13.1. The van der Waals surface area contributed by atoms with E-state index in [-0.39, 0.29) is 11.8 Å². The van der Waals surface area contributed by atoms with Crippen LogP contribution in [0, 0.1) is 12.7 Å². The molecule has 2 aromatic rings. The van der Waals surface area contributed by atoms with Crippen molar-refractivity contribution in [1.29, 1.82) is 0 Å². The standard InChI is InChI=1S/C15H14ClFN2O/c1-10-7-11(5-6-14(10)17)9-18-15(20)19-13-4-2-3-12(16)8-13/h2-8H,9H2,1H3,(H2,18,19,20). The van der Waals surface area contributed by atoms with Gasteiger partial charge in [0.15, 0.2) is 0 Å². The fourth-order valence-corrected chi connectivity index (χ4v) is 1.93. The van der Waals surface area contributed by atoms with Crippen LogP contribution in [0.3, 0.4) is 0 Å². The Morgan fingerprint density at radius 2 is 2.05 bits per heavy atom. The maximum Gasteiger partial charge on any atom is 0.319 e. The zero-order chi connectivity index (χ0) is 14.5. The first-order valence-corrected chi connectivity index (χ1v) is 6.48. The van der Waals surface area contributed by atoms with E-state index in [9.17, 15) is 9.18 Å². The van der Waals surface area contributed by atoms with Gasteiger partial charge < -0.3 is 10.6 Å². The first-order valence-electron chi connectivity index (χ1n) is 6.10. The Bertz CT molecular complexity index is 631. The van der Waals surface area contributed by atoms with E-state index in [0.29, 0.717) is 22.8 Å². The summed E-state index contributed by atoms with van der Waals surface area (Å²) in [6, 6.07) is 11.3. The molecule has 5 heteroatoms. The molecule has 0 radical (unpaired) electrons. The van der Waals surface area contributed by atoms with Gasteiger partial charge in [0.05, 0.1) is 0 Å². The predicted octanol–water partition coefficient (Wildman–Crippen LogP) is 4.11. The Kier molecular flexibility index (Phi) is 4.58. The van der Waals surface area contributed by atoms with Crippen molar-refractivity contribution in [1.82, 2.24) is 5.32 Å². The number of carbonyl (C=O) groups is 1. The highest BCUT2D eigenvalue weighted by molar-refractivity contribution is 6.30. The second-order valence-corrected chi connectivity index (χ2v) is 4.84. The third-order valence-electron chi connectivity index (χ3n) is 2.76. The molecule has 0 aromatic heterocycles. The van der Waals surface area contributed by atoms with Crippen molar-refractivity contribution in [2.45, 2.75) is 13.5 Å². The highest BCUT2D eigenvalue weighted by Crippen LogP contribution is 2.14. The number of amides is 2. The molecule has 0 unspecified atom stereocenters. The molecule has 2 amide bonds. The summed E-state index contributed by atoms with van der Waals surface area (Å²) in [5.74, 6) is -0.253. The van der Waals surface area contributed by atoms with Crippen molar-refractivity contribution in [3.8, 4) is 0 Å². The second-order valence-electron chi connectivity index (χ2n) is 4.40. The molecule has 0 bridgehead atoms. The van der Waals surface area contributed by atoms with Crippen LogP contribution in [0.15, 0.2) is 42.5 Å². The number of rotatable bonds is 3. The Hall–Kier alpha value is -2.07. The molecule has 0 atom stereocenters. The fraction of sp³-hybridized carbons (Fsp3) is 0.133. The molecule has 0 saturated carbocycles. The maximum absolute atomic E-state index is 13.1. The number of benzene rings is 2. The largest absolute Gasteiger partial charge is 0.334 e. The Morgan fingerprint density at radius 3 is 2.75 bits per heavy atom. The minimum absolute atomic E-state index is 0.253. The molecule has 104 valence electrons. The highest BCUT2D eigenvalue weighted by atomic mass is 35.5. The SMILES string of the molecule is Cc1cc(CNC(=O)Nc2cccc(Cl)c2)ccc1F. The first kappa shape index (κ1) is 14.3. The lowest BCUT2D eigenvalue weighted by Gasteiger charge is -2.08. The summed E-state index contributed by atoms with van der Waals surface area (Å²) in [5.41, 5.74) is 2.01. The fourth-order valence-electron chi connectivity index (χ4n) is 1.74. The predicted molar refractivity (Wildman–Crippen MR) is 78.4 cm³/mol. The van der Waals surface area contributed by atoms with Crippen LogP contribution in [-0.2, 0) is 6.54 Å². The van der Waals surface area contributed by atoms with E-state index in [1.54, 1.807) is 43.3 Å². The zero-order valence-electron chi connectivity index (χ0n) is 10.9. The van der Waals surface area contributed by atoms with Crippen molar-refractivity contribution >= 4 is 23.3 Å². The van der Waals surface area contributed by atoms with Gasteiger partial charge >= 0.3 is 6.03 Å². The van der Waals surface area contributed by atoms with Gasteiger partial charge in [-0.05, 0) is 42.3 Å². The van der Waals surface area contributed by atoms with Crippen LogP contribution in [0.4, 0.5) is 14.9 Å². The van der Waals surface area contributed by atoms with E-state index in [0.717, 1.165) is 5.56 Å². The first-order chi connectivity index (χ1) is 9.54. The highest BCUT2D eigenvalue weighted by Gasteiger charge is 2.03. The molecular formula is C15H14ClFN2O. The zero-order valence-corrected chi connectivity index (χ0v) is 11.7. The van der Waals surface area contributed by atoms with Gasteiger partial charge in [-0.15, -0.1) is 0 Å². The van der Waals surface area contributed by atoms with Crippen molar-refractivity contribution < 1.29 is 9.18 Å². The average Bonchev–Trinajstić information content (AvgIpc) is 2.40. The van der Waals surface area contributed by atoms with E-state index >= 15 is 0 Å². The Labute approximate surface area is 121 Å². The van der Waals surface area contributed by atoms with Crippen LogP contribution in [0.5, 0.6) is 0 Å². The summed E-state index contributed by atoms with van der Waals surface area (Å²) >= 11 is 5.83. The van der Waals surface area contributed by atoms with E-state index in [1.807, 2.05) is 0 Å². The van der Waals surface area contributed by atoms with Crippen LogP contribution >= 0.6 is 11.6 Å². The molecule has 0 heterocycles. The summed E-state index contributed by atoms with van der Waals surface area (Å²) in [7, 11) is 0. The molecule has 0 spiro atoms. The van der Waals surface area contributed by atoms with Crippen LogP contribution < -0.4 is 10.6 Å². The molecule has 2 rings (SSSR count). The monoisotopic (exact) mass is 292 g/mol. The molecule has 0 aliphatic rings. The Balaban J connectivity index is 1.90. The van der Waals surface area contributed by atoms with Crippen LogP contribution in [0.25, 0.3) is 0 Å². The lowest BCUT2D eigenvalue weighted by molar-refractivity contribution is 0.251. The van der Waals surface area contributed by atoms with E-state index in [4.69, 9.17) is 11.6 Å². The average molecular weight is 293 g/mol. The van der Waals surface area contributed by atoms with Crippen molar-refractivity contribution in [2.24, 2.45) is 0 Å². The molecule has 0 saturated heterocycles. The van der Waals surface area contributed by atoms with Crippen molar-refractivity contribution in [3.63, 3.8) is 0 Å². The number of nitrogens with one attached hydrogen (secondary N) is 2. The molecule has 3 nitrogen and oxygen atoms in total. The summed E-state index contributed by atoms with van der Waals surface area (Å²) in [6.07, 6.45) is 0. The van der Waals surface area contributed by atoms with E-state index < -0.39 is 0 Å². The van der Waals surface area contributed by atoms with Gasteiger partial charge in [0.1, 0.15) is 5.82 Å². The van der Waals surface area contributed by atoms with Gasteiger partial charge in [-0.2, -0.15) is 0 Å². The lowest BCUT2D eigenvalue weighted by Crippen LogP contribution is -2.28. The number of hydrogen-bond acceptors (Lipinski definition) is 1. The summed E-state index contributed by atoms with van der Waals surface area (Å²) < 4.78 is 13.1. The van der Waals surface area contributed by atoms with Gasteiger partial charge in [-0.3, -0.25) is 0 Å². The lowest BCUT2D eigenvalue weighted by atomic mass is 10.1. The quantitative estimate of drug-likeness (QED) is 0.878. The van der Waals surface area contributed by atoms with Gasteiger partial charge in [-0.25, -0.2) is 9.18 Å². The van der Waals surface area contributed by atoms with Crippen molar-refractivity contribution in [3.05, 3.63) is 64.4 Å². The molecule has 2 N–H and O–H groups in total. The van der Waals surface area contributed by atoms with Gasteiger partial charge in [0, 0.05) is 17.3 Å². The summed E-state index contributed by atoms with van der Waals surface area (Å²) in [4.78, 5) is 11.7.